The van der Waals surface area contributed by atoms with E-state index in [0.29, 0.717) is 17.8 Å². The van der Waals surface area contributed by atoms with Crippen LogP contribution in [0.3, 0.4) is 0 Å². The number of benzene rings is 1. The van der Waals surface area contributed by atoms with Gasteiger partial charge in [-0.15, -0.1) is 0 Å². The largest absolute Gasteiger partial charge is 0.503 e. The number of nitrogens with zero attached hydrogens (tertiary/aromatic N) is 6. The minimum absolute atomic E-state index is 0.312. The Hall–Kier alpha value is -3.52. The maximum atomic E-state index is 8.56. The Labute approximate surface area is 245 Å². The molecule has 4 aromatic rings. The van der Waals surface area contributed by atoms with Gasteiger partial charge < -0.3 is 25.4 Å². The average Bonchev–Trinajstić information content (AvgIpc) is 3.64. The van der Waals surface area contributed by atoms with Crippen LogP contribution in [0, 0.1) is 0 Å². The minimum atomic E-state index is -1.83. The number of ether oxygens (including phenoxy) is 2. The van der Waals surface area contributed by atoms with Crippen molar-refractivity contribution in [2.75, 3.05) is 45.2 Å². The molecule has 0 unspecified atom stereocenters. The molecule has 6 rings (SSSR count). The van der Waals surface area contributed by atoms with E-state index >= 15 is 0 Å². The molecular formula is C28H34BrN7O5. The van der Waals surface area contributed by atoms with Gasteiger partial charge in [-0.05, 0) is 53.7 Å². The lowest BCUT2D eigenvalue weighted by atomic mass is 9.85. The zero-order valence-electron chi connectivity index (χ0n) is 22.6. The summed E-state index contributed by atoms with van der Waals surface area (Å²) < 4.78 is 16.1. The third-order valence-electron chi connectivity index (χ3n) is 7.49. The molecule has 0 bridgehead atoms. The Bertz CT molecular complexity index is 1440. The summed E-state index contributed by atoms with van der Waals surface area (Å²) >= 11 is 3.73. The zero-order chi connectivity index (χ0) is 28.8. The summed E-state index contributed by atoms with van der Waals surface area (Å²) in [6.07, 6.45) is 8.27. The molecule has 0 spiro atoms. The van der Waals surface area contributed by atoms with Gasteiger partial charge >= 0.3 is 6.16 Å². The molecule has 218 valence electrons. The van der Waals surface area contributed by atoms with E-state index in [9.17, 15) is 0 Å². The summed E-state index contributed by atoms with van der Waals surface area (Å²) in [5.74, 6) is 0.904. The van der Waals surface area contributed by atoms with Crippen LogP contribution in [0.1, 0.15) is 37.3 Å². The predicted molar refractivity (Wildman–Crippen MR) is 157 cm³/mol. The molecule has 12 nitrogen and oxygen atoms in total. The van der Waals surface area contributed by atoms with Gasteiger partial charge in [-0.1, -0.05) is 18.2 Å². The molecule has 2 fully saturated rings. The minimum Gasteiger partial charge on any atom is -0.450 e. The molecule has 2 aliphatic rings. The lowest BCUT2D eigenvalue weighted by Gasteiger charge is -2.31. The topological polar surface area (TPSA) is 153 Å². The van der Waals surface area contributed by atoms with E-state index in [-0.39, 0.29) is 0 Å². The van der Waals surface area contributed by atoms with E-state index in [2.05, 4.69) is 31.0 Å². The number of halogens is 1. The van der Waals surface area contributed by atoms with Crippen molar-refractivity contribution in [1.82, 2.24) is 29.3 Å². The molecule has 1 saturated carbocycles. The van der Waals surface area contributed by atoms with Crippen LogP contribution in [0.5, 0.6) is 0 Å². The molecule has 1 aromatic carbocycles. The van der Waals surface area contributed by atoms with Gasteiger partial charge in [0.25, 0.3) is 0 Å². The monoisotopic (exact) mass is 627 g/mol. The highest BCUT2D eigenvalue weighted by Crippen LogP contribution is 2.39. The van der Waals surface area contributed by atoms with Crippen LogP contribution in [-0.4, -0.2) is 91.2 Å². The quantitative estimate of drug-likeness (QED) is 0.266. The lowest BCUT2D eigenvalue weighted by Crippen LogP contribution is -2.39. The Morgan fingerprint density at radius 1 is 1.07 bits per heavy atom. The molecule has 1 saturated heterocycles. The van der Waals surface area contributed by atoms with Gasteiger partial charge in [0, 0.05) is 42.9 Å². The van der Waals surface area contributed by atoms with Crippen LogP contribution in [0.15, 0.2) is 53.4 Å². The number of carboxylic acid groups (broad SMARTS) is 2. The Balaban J connectivity index is 0.000000794. The number of morpholine rings is 1. The average molecular weight is 629 g/mol. The smallest absolute Gasteiger partial charge is 0.450 e. The third-order valence-corrected chi connectivity index (χ3v) is 8.30. The van der Waals surface area contributed by atoms with Crippen LogP contribution in [0.4, 0.5) is 10.6 Å². The fourth-order valence-electron chi connectivity index (χ4n) is 5.35. The van der Waals surface area contributed by atoms with Crippen LogP contribution in [0.2, 0.25) is 0 Å². The van der Waals surface area contributed by atoms with Gasteiger partial charge in [0.1, 0.15) is 5.82 Å². The summed E-state index contributed by atoms with van der Waals surface area (Å²) in [5, 5.41) is 23.0. The molecule has 0 atom stereocenters. The highest BCUT2D eigenvalue weighted by atomic mass is 79.9. The Kier molecular flexibility index (Phi) is 9.49. The maximum absolute atomic E-state index is 8.56. The number of hydrogen-bond donors (Lipinski definition) is 3. The van der Waals surface area contributed by atoms with E-state index < -0.39 is 6.16 Å². The fourth-order valence-corrected chi connectivity index (χ4v) is 5.93. The van der Waals surface area contributed by atoms with Crippen LogP contribution in [-0.2, 0) is 9.47 Å². The van der Waals surface area contributed by atoms with Gasteiger partial charge in [0.15, 0.2) is 5.65 Å². The number of nitrogens with two attached hydrogens (primary N) is 1. The first-order valence-corrected chi connectivity index (χ1v) is 14.5. The molecule has 0 amide bonds. The van der Waals surface area contributed by atoms with E-state index in [1.165, 1.54) is 0 Å². The SMILES string of the molecule is Nc1c(Br)c(C2CCC(OCCN3CCOCC3)CC2)nc2c(-c3cnn(-c4ccccc4)c3)cnn12.O=C(O)O. The van der Waals surface area contributed by atoms with Crippen molar-refractivity contribution in [2.24, 2.45) is 0 Å². The van der Waals surface area contributed by atoms with Crippen molar-refractivity contribution >= 4 is 33.6 Å². The molecule has 1 aliphatic carbocycles. The summed E-state index contributed by atoms with van der Waals surface area (Å²) in [7, 11) is 0. The van der Waals surface area contributed by atoms with E-state index in [0.717, 1.165) is 97.8 Å². The standard InChI is InChI=1S/C27H32BrN7O2.CH2O3/c28-24-25(19-6-8-22(9-7-19)37-15-12-33-10-13-36-14-11-33)32-27-23(17-31-35(27)26(24)29)20-16-30-34(18-20)21-4-2-1-3-5-21;2-1(3)4/h1-5,16-19,22H,6-15,29H2;(H2,2,3,4). The summed E-state index contributed by atoms with van der Waals surface area (Å²) in [4.78, 5) is 16.1. The number of nitrogen functional groups attached to an aromatic ring is 1. The Morgan fingerprint density at radius 2 is 1.78 bits per heavy atom. The number of rotatable bonds is 7. The fraction of sp³-hybridized carbons (Fsp3) is 0.429. The molecule has 3 aromatic heterocycles. The first kappa shape index (κ1) is 29.0. The van der Waals surface area contributed by atoms with Crippen LogP contribution >= 0.6 is 15.9 Å². The molecule has 1 aliphatic heterocycles. The van der Waals surface area contributed by atoms with Crippen molar-refractivity contribution < 1.29 is 24.5 Å². The number of anilines is 1. The molecule has 41 heavy (non-hydrogen) atoms. The van der Waals surface area contributed by atoms with Crippen LogP contribution in [0.25, 0.3) is 22.5 Å². The Morgan fingerprint density at radius 3 is 2.49 bits per heavy atom. The molecular weight excluding hydrogens is 594 g/mol. The van der Waals surface area contributed by atoms with Crippen molar-refractivity contribution in [3.05, 3.63) is 59.1 Å². The second kappa shape index (κ2) is 13.4. The summed E-state index contributed by atoms with van der Waals surface area (Å²) in [6, 6.07) is 10.1. The number of carbonyl (C=O) groups is 1. The van der Waals surface area contributed by atoms with Crippen molar-refractivity contribution in [1.29, 1.82) is 0 Å². The lowest BCUT2D eigenvalue weighted by molar-refractivity contribution is -0.0101. The van der Waals surface area contributed by atoms with E-state index in [1.807, 2.05) is 53.6 Å². The molecule has 4 N–H and O–H groups in total. The van der Waals surface area contributed by atoms with Crippen molar-refractivity contribution in [3.8, 4) is 16.8 Å². The van der Waals surface area contributed by atoms with E-state index in [4.69, 9.17) is 35.2 Å². The second-order valence-electron chi connectivity index (χ2n) is 10.1. The van der Waals surface area contributed by atoms with E-state index in [1.54, 1.807) is 4.52 Å². The summed E-state index contributed by atoms with van der Waals surface area (Å²) in [5.41, 5.74) is 11.2. The number of para-hydroxylation sites is 1. The van der Waals surface area contributed by atoms with Gasteiger partial charge in [0.2, 0.25) is 0 Å². The second-order valence-corrected chi connectivity index (χ2v) is 10.9. The van der Waals surface area contributed by atoms with Gasteiger partial charge in [-0.3, -0.25) is 4.90 Å². The first-order valence-electron chi connectivity index (χ1n) is 13.7. The van der Waals surface area contributed by atoms with Gasteiger partial charge in [0.05, 0.1) is 54.2 Å². The third kappa shape index (κ3) is 7.04. The van der Waals surface area contributed by atoms with Crippen molar-refractivity contribution in [3.63, 3.8) is 0 Å². The number of fused-ring (bicyclic) bond motifs is 1. The van der Waals surface area contributed by atoms with Gasteiger partial charge in [-0.2, -0.15) is 14.7 Å². The van der Waals surface area contributed by atoms with Gasteiger partial charge in [-0.25, -0.2) is 14.5 Å². The highest BCUT2D eigenvalue weighted by Gasteiger charge is 2.28. The zero-order valence-corrected chi connectivity index (χ0v) is 24.2. The summed E-state index contributed by atoms with van der Waals surface area (Å²) in [6.45, 7) is 5.43. The number of aromatic nitrogens is 5. The molecule has 0 radical (unpaired) electrons. The first-order chi connectivity index (χ1) is 19.9. The normalized spacial score (nSPS) is 19.5. The maximum Gasteiger partial charge on any atom is 0.503 e. The predicted octanol–water partition coefficient (Wildman–Crippen LogP) is 4.52. The highest BCUT2D eigenvalue weighted by molar-refractivity contribution is 9.10. The molecule has 4 heterocycles. The number of hydrogen-bond acceptors (Lipinski definition) is 8. The molecule has 13 heteroatoms. The van der Waals surface area contributed by atoms with Crippen molar-refractivity contribution in [2.45, 2.75) is 37.7 Å². The van der Waals surface area contributed by atoms with Crippen LogP contribution < -0.4 is 5.73 Å².